The molecule has 1 aromatic carbocycles. The number of aromatic nitrogens is 2. The first-order valence-corrected chi connectivity index (χ1v) is 12.4. The molecule has 0 aliphatic rings. The largest absolute Gasteiger partial charge is 0.468 e. The summed E-state index contributed by atoms with van der Waals surface area (Å²) in [5.41, 5.74) is 1.37. The lowest BCUT2D eigenvalue weighted by atomic mass is 10.1. The van der Waals surface area contributed by atoms with Crippen molar-refractivity contribution in [2.45, 2.75) is 64.1 Å². The number of unbranched alkanes of at least 4 members (excludes halogenated alkanes) is 1. The van der Waals surface area contributed by atoms with Crippen molar-refractivity contribution in [1.82, 2.24) is 13.9 Å². The van der Waals surface area contributed by atoms with Gasteiger partial charge in [-0.05, 0) is 30.0 Å². The van der Waals surface area contributed by atoms with Crippen molar-refractivity contribution in [3.8, 4) is 0 Å². The van der Waals surface area contributed by atoms with Crippen molar-refractivity contribution in [3.05, 3.63) is 46.5 Å². The molecule has 0 bridgehead atoms. The number of carbonyl (C=O) groups excluding carboxylic acids is 1. The average molecular weight is 486 g/mol. The first-order chi connectivity index (χ1) is 15.1. The van der Waals surface area contributed by atoms with Gasteiger partial charge >= 0.3 is 5.97 Å². The van der Waals surface area contributed by atoms with E-state index in [0.29, 0.717) is 12.2 Å². The molecule has 8 nitrogen and oxygen atoms in total. The van der Waals surface area contributed by atoms with Crippen molar-refractivity contribution in [3.63, 3.8) is 0 Å². The van der Waals surface area contributed by atoms with Gasteiger partial charge in [0, 0.05) is 20.0 Å². The second-order valence-corrected chi connectivity index (χ2v) is 10.3. The maximum absolute atomic E-state index is 13.1. The Morgan fingerprint density at radius 3 is 2.41 bits per heavy atom. The summed E-state index contributed by atoms with van der Waals surface area (Å²) in [6.07, 6.45) is 2.68. The van der Waals surface area contributed by atoms with Crippen LogP contribution in [0.3, 0.4) is 0 Å². The number of hydrogen-bond donors (Lipinski definition) is 1. The number of halogens is 1. The molecule has 178 valence electrons. The van der Waals surface area contributed by atoms with Crippen molar-refractivity contribution < 1.29 is 23.1 Å². The Bertz CT molecular complexity index is 1020. The lowest BCUT2D eigenvalue weighted by Gasteiger charge is -2.28. The molecule has 0 aliphatic heterocycles. The molecule has 1 atom stereocenters. The van der Waals surface area contributed by atoms with Gasteiger partial charge in [-0.3, -0.25) is 4.79 Å². The molecule has 0 fully saturated rings. The summed E-state index contributed by atoms with van der Waals surface area (Å²) >= 11 is 6.19. The van der Waals surface area contributed by atoms with Crippen LogP contribution in [0.25, 0.3) is 0 Å². The van der Waals surface area contributed by atoms with Crippen molar-refractivity contribution in [2.75, 3.05) is 14.2 Å². The number of benzene rings is 1. The Hall–Kier alpha value is -1.94. The zero-order chi connectivity index (χ0) is 24.1. The first-order valence-electron chi connectivity index (χ1n) is 10.6. The molecule has 1 N–H and O–H groups in total. The molecule has 0 radical (unpaired) electrons. The predicted molar refractivity (Wildman–Crippen MR) is 123 cm³/mol. The number of likely N-dealkylation sites (N-methyl/N-ethyl adjacent to an activating group) is 1. The monoisotopic (exact) mass is 485 g/mol. The van der Waals surface area contributed by atoms with Gasteiger partial charge in [-0.1, -0.05) is 50.9 Å². The van der Waals surface area contributed by atoms with E-state index in [9.17, 15) is 18.3 Å². The lowest BCUT2D eigenvalue weighted by Crippen LogP contribution is -2.46. The van der Waals surface area contributed by atoms with Crippen LogP contribution in [0.2, 0.25) is 5.15 Å². The van der Waals surface area contributed by atoms with Crippen LogP contribution >= 0.6 is 11.6 Å². The van der Waals surface area contributed by atoms with E-state index in [-0.39, 0.29) is 22.6 Å². The van der Waals surface area contributed by atoms with E-state index >= 15 is 0 Å². The van der Waals surface area contributed by atoms with E-state index in [2.05, 4.69) is 11.9 Å². The van der Waals surface area contributed by atoms with Crippen LogP contribution in [-0.4, -0.2) is 53.5 Å². The highest BCUT2D eigenvalue weighted by molar-refractivity contribution is 7.89. The molecular weight excluding hydrogens is 454 g/mol. The van der Waals surface area contributed by atoms with Crippen LogP contribution in [0.15, 0.2) is 29.2 Å². The second kappa shape index (κ2) is 11.3. The number of ether oxygens (including phenoxy) is 1. The molecule has 0 spiro atoms. The standard InChI is InChI=1S/C22H32ClN3O5S/c1-6-7-8-19-24-21(23)18(14-27)26(19)13-16-9-11-17(12-10-16)32(29,30)25(4)20(15(2)3)22(28)31-5/h9-12,15,20,27H,6-8,13-14H2,1-5H3/t20-/m0/s1. The molecule has 1 heterocycles. The molecule has 10 heteroatoms. The number of esters is 1. The van der Waals surface area contributed by atoms with Crippen LogP contribution < -0.4 is 0 Å². The van der Waals surface area contributed by atoms with E-state index in [1.807, 2.05) is 4.57 Å². The van der Waals surface area contributed by atoms with Gasteiger partial charge < -0.3 is 14.4 Å². The van der Waals surface area contributed by atoms with Gasteiger partial charge in [0.1, 0.15) is 11.9 Å². The van der Waals surface area contributed by atoms with Gasteiger partial charge in [0.05, 0.1) is 24.3 Å². The number of aliphatic hydroxyl groups is 1. The van der Waals surface area contributed by atoms with E-state index in [4.69, 9.17) is 16.3 Å². The molecule has 2 aromatic rings. The Balaban J connectivity index is 2.31. The van der Waals surface area contributed by atoms with Gasteiger partial charge in [0.15, 0.2) is 5.15 Å². The Morgan fingerprint density at radius 2 is 1.91 bits per heavy atom. The summed E-state index contributed by atoms with van der Waals surface area (Å²) in [7, 11) is -1.28. The SMILES string of the molecule is CCCCc1nc(Cl)c(CO)n1Cc1ccc(S(=O)(=O)N(C)[C@H](C(=O)OC)C(C)C)cc1. The molecule has 0 aliphatic carbocycles. The van der Waals surface area contributed by atoms with Crippen molar-refractivity contribution in [1.29, 1.82) is 0 Å². The second-order valence-electron chi connectivity index (χ2n) is 7.99. The number of methoxy groups -OCH3 is 1. The third-order valence-corrected chi connectivity index (χ3v) is 7.57. The number of rotatable bonds is 11. The minimum atomic E-state index is -3.90. The van der Waals surface area contributed by atoms with E-state index in [1.54, 1.807) is 26.0 Å². The molecule has 1 aromatic heterocycles. The highest BCUT2D eigenvalue weighted by Crippen LogP contribution is 2.24. The van der Waals surface area contributed by atoms with E-state index in [0.717, 1.165) is 35.0 Å². The zero-order valence-electron chi connectivity index (χ0n) is 19.2. The Labute approximate surface area is 195 Å². The summed E-state index contributed by atoms with van der Waals surface area (Å²) in [5.74, 6) is -0.0723. The number of hydrogen-bond acceptors (Lipinski definition) is 6. The highest BCUT2D eigenvalue weighted by Gasteiger charge is 2.35. The minimum Gasteiger partial charge on any atom is -0.468 e. The predicted octanol–water partition coefficient (Wildman–Crippen LogP) is 3.24. The van der Waals surface area contributed by atoms with E-state index < -0.39 is 22.0 Å². The maximum Gasteiger partial charge on any atom is 0.324 e. The fourth-order valence-corrected chi connectivity index (χ4v) is 5.30. The zero-order valence-corrected chi connectivity index (χ0v) is 20.8. The highest BCUT2D eigenvalue weighted by atomic mass is 35.5. The number of aryl methyl sites for hydroxylation is 1. The quantitative estimate of drug-likeness (QED) is 0.490. The van der Waals surface area contributed by atoms with Gasteiger partial charge in [-0.2, -0.15) is 4.31 Å². The molecule has 2 rings (SSSR count). The number of carbonyl (C=O) groups is 1. The molecule has 0 saturated heterocycles. The summed E-state index contributed by atoms with van der Waals surface area (Å²) in [4.78, 5) is 16.6. The van der Waals surface area contributed by atoms with Gasteiger partial charge in [-0.25, -0.2) is 13.4 Å². The fraction of sp³-hybridized carbons (Fsp3) is 0.545. The third kappa shape index (κ3) is 5.70. The lowest BCUT2D eigenvalue weighted by molar-refractivity contribution is -0.146. The normalized spacial score (nSPS) is 13.0. The summed E-state index contributed by atoms with van der Waals surface area (Å²) in [6.45, 7) is 5.78. The Kier molecular flexibility index (Phi) is 9.27. The summed E-state index contributed by atoms with van der Waals surface area (Å²) in [5, 5.41) is 10.0. The van der Waals surface area contributed by atoms with Crippen molar-refractivity contribution >= 4 is 27.6 Å². The molecular formula is C22H32ClN3O5S. The Morgan fingerprint density at radius 1 is 1.28 bits per heavy atom. The molecule has 0 amide bonds. The van der Waals surface area contributed by atoms with Crippen LogP contribution in [0.4, 0.5) is 0 Å². The number of sulfonamides is 1. The minimum absolute atomic E-state index is 0.0792. The molecule has 0 saturated carbocycles. The maximum atomic E-state index is 13.1. The smallest absolute Gasteiger partial charge is 0.324 e. The van der Waals surface area contributed by atoms with Gasteiger partial charge in [0.25, 0.3) is 0 Å². The van der Waals surface area contributed by atoms with Gasteiger partial charge in [0.2, 0.25) is 10.0 Å². The molecule has 32 heavy (non-hydrogen) atoms. The summed E-state index contributed by atoms with van der Waals surface area (Å²) < 4.78 is 33.9. The van der Waals surface area contributed by atoms with Crippen LogP contribution in [-0.2, 0) is 39.1 Å². The number of nitrogens with zero attached hydrogens (tertiary/aromatic N) is 3. The third-order valence-electron chi connectivity index (χ3n) is 5.41. The average Bonchev–Trinajstić information content (AvgIpc) is 3.05. The van der Waals surface area contributed by atoms with Crippen LogP contribution in [0.1, 0.15) is 50.7 Å². The summed E-state index contributed by atoms with van der Waals surface area (Å²) in [6, 6.07) is 5.52. The first kappa shape index (κ1) is 26.3. The van der Waals surface area contributed by atoms with Gasteiger partial charge in [-0.15, -0.1) is 0 Å². The fourth-order valence-electron chi connectivity index (χ4n) is 3.59. The number of aliphatic hydroxyl groups excluding tert-OH is 1. The molecule has 0 unspecified atom stereocenters. The topological polar surface area (TPSA) is 102 Å². The number of imidazole rings is 1. The van der Waals surface area contributed by atoms with E-state index in [1.165, 1.54) is 26.3 Å². The van der Waals surface area contributed by atoms with Crippen LogP contribution in [0.5, 0.6) is 0 Å². The van der Waals surface area contributed by atoms with Crippen LogP contribution in [0, 0.1) is 5.92 Å². The van der Waals surface area contributed by atoms with Crippen molar-refractivity contribution in [2.24, 2.45) is 5.92 Å².